The van der Waals surface area contributed by atoms with E-state index in [2.05, 4.69) is 25.6 Å². The molecule has 0 aliphatic carbocycles. The van der Waals surface area contributed by atoms with Crippen molar-refractivity contribution < 1.29 is 44.7 Å². The Bertz CT molecular complexity index is 2290. The average Bonchev–Trinajstić information content (AvgIpc) is 3.51. The standard InChI is InChI=1S/C21H22Cl2F3N3OS.C21H23F5N4OS.C2H6/c1-13-16(21(24,25)26)12-27-18(29-9-4-7-20(22,23)8-10-29)17(13)19(30)28-14-5-3-6-15(11-14)31-2;1-12-5-8-30(9-6-20(12,22)23)18-17(13(2)15(11-28-18)21(24,25)26)19(31)29-14-4-7-27-16(10-14)32-3;1-2/h3,5-6,11-12H,4,7-10H2,1-2H3,(H,28,30);4,7,10-12H,5-6,8-9H2,1-3H3,(H,27,29,31);1-2H3. The van der Waals surface area contributed by atoms with E-state index < -0.39 is 57.9 Å². The Morgan fingerprint density at radius 1 is 0.738 bits per heavy atom. The van der Waals surface area contributed by atoms with Crippen LogP contribution in [0.4, 0.5) is 58.1 Å². The van der Waals surface area contributed by atoms with Gasteiger partial charge in [0.1, 0.15) is 16.0 Å². The number of aromatic nitrogens is 3. The molecule has 21 heteroatoms. The van der Waals surface area contributed by atoms with Gasteiger partial charge in [0.15, 0.2) is 0 Å². The lowest BCUT2D eigenvalue weighted by atomic mass is 9.99. The Labute approximate surface area is 392 Å². The van der Waals surface area contributed by atoms with Crippen molar-refractivity contribution >= 4 is 81.6 Å². The zero-order valence-electron chi connectivity index (χ0n) is 36.8. The maximum Gasteiger partial charge on any atom is 0.418 e. The molecule has 6 rings (SSSR count). The van der Waals surface area contributed by atoms with Crippen LogP contribution in [-0.2, 0) is 12.4 Å². The first-order valence-electron chi connectivity index (χ1n) is 20.6. The van der Waals surface area contributed by atoms with Crippen molar-refractivity contribution in [1.82, 2.24) is 15.0 Å². The van der Waals surface area contributed by atoms with Crippen molar-refractivity contribution in [3.05, 3.63) is 88.4 Å². The van der Waals surface area contributed by atoms with Gasteiger partial charge in [0.2, 0.25) is 0 Å². The second-order valence-electron chi connectivity index (χ2n) is 15.1. The number of carbonyl (C=O) groups excluding carboxylic acids is 2. The number of carbonyl (C=O) groups is 2. The van der Waals surface area contributed by atoms with Gasteiger partial charge in [-0.3, -0.25) is 9.59 Å². The van der Waals surface area contributed by atoms with Crippen LogP contribution in [0.5, 0.6) is 0 Å². The summed E-state index contributed by atoms with van der Waals surface area (Å²) in [6.45, 7) is 8.83. The highest BCUT2D eigenvalue weighted by atomic mass is 35.5. The maximum absolute atomic E-state index is 14.2. The molecular formula is C44H51Cl2F8N7O2S2. The van der Waals surface area contributed by atoms with Gasteiger partial charge in [-0.1, -0.05) is 26.8 Å². The van der Waals surface area contributed by atoms with Gasteiger partial charge >= 0.3 is 12.4 Å². The van der Waals surface area contributed by atoms with Crippen LogP contribution in [0.15, 0.2) is 64.9 Å². The molecular weight excluding hydrogens is 946 g/mol. The van der Waals surface area contributed by atoms with Gasteiger partial charge in [0.25, 0.3) is 17.7 Å². The third kappa shape index (κ3) is 14.0. The van der Waals surface area contributed by atoms with E-state index in [-0.39, 0.29) is 53.4 Å². The Kier molecular flexibility index (Phi) is 18.6. The average molecular weight is 997 g/mol. The van der Waals surface area contributed by atoms with Crippen molar-refractivity contribution in [3.8, 4) is 0 Å². The topological polar surface area (TPSA) is 103 Å². The summed E-state index contributed by atoms with van der Waals surface area (Å²) in [4.78, 5) is 42.6. The quantitative estimate of drug-likeness (QED) is 0.101. The molecule has 2 N–H and O–H groups in total. The summed E-state index contributed by atoms with van der Waals surface area (Å²) >= 11 is 15.4. The van der Waals surface area contributed by atoms with Crippen LogP contribution in [-0.4, -0.2) is 75.7 Å². The number of hydrogen-bond donors (Lipinski definition) is 2. The fourth-order valence-electron chi connectivity index (χ4n) is 7.15. The molecule has 3 aromatic heterocycles. The molecule has 5 heterocycles. The van der Waals surface area contributed by atoms with E-state index in [1.165, 1.54) is 61.5 Å². The number of nitrogens with one attached hydrogen (secondary N) is 2. The van der Waals surface area contributed by atoms with Crippen LogP contribution in [0, 0.1) is 19.8 Å². The Hall–Kier alpha value is -4.07. The van der Waals surface area contributed by atoms with E-state index in [1.54, 1.807) is 35.4 Å². The predicted molar refractivity (Wildman–Crippen MR) is 246 cm³/mol. The lowest BCUT2D eigenvalue weighted by Crippen LogP contribution is -2.30. The molecule has 0 radical (unpaired) electrons. The smallest absolute Gasteiger partial charge is 0.356 e. The van der Waals surface area contributed by atoms with E-state index in [0.717, 1.165) is 11.1 Å². The first-order chi connectivity index (χ1) is 30.5. The molecule has 356 valence electrons. The third-order valence-corrected chi connectivity index (χ3v) is 12.9. The predicted octanol–water partition coefficient (Wildman–Crippen LogP) is 13.2. The molecule has 2 aliphatic rings. The van der Waals surface area contributed by atoms with E-state index in [1.807, 2.05) is 26.2 Å². The SMILES string of the molecule is CC.CSc1cc(NC(=O)c2c(N3CCC(C)C(F)(F)CC3)ncc(C(F)(F)F)c2C)ccn1.CSc1cccc(NC(=O)c2c(N3CCCC(Cl)(Cl)CC3)ncc(C(F)(F)F)c2C)c1. The van der Waals surface area contributed by atoms with Crippen LogP contribution in [0.25, 0.3) is 0 Å². The van der Waals surface area contributed by atoms with Crippen molar-refractivity contribution in [3.63, 3.8) is 0 Å². The van der Waals surface area contributed by atoms with Crippen molar-refractivity contribution in [2.75, 3.05) is 59.1 Å². The molecule has 65 heavy (non-hydrogen) atoms. The highest BCUT2D eigenvalue weighted by molar-refractivity contribution is 7.98. The van der Waals surface area contributed by atoms with Gasteiger partial charge in [-0.05, 0) is 93.5 Å². The second kappa shape index (κ2) is 22.6. The van der Waals surface area contributed by atoms with Crippen molar-refractivity contribution in [2.24, 2.45) is 5.92 Å². The van der Waals surface area contributed by atoms with Crippen LogP contribution >= 0.6 is 46.7 Å². The number of anilines is 4. The number of amides is 2. The summed E-state index contributed by atoms with van der Waals surface area (Å²) in [7, 11) is 0. The van der Waals surface area contributed by atoms with Gasteiger partial charge in [-0.15, -0.1) is 46.7 Å². The summed E-state index contributed by atoms with van der Waals surface area (Å²) in [5.74, 6) is -5.05. The van der Waals surface area contributed by atoms with E-state index in [0.29, 0.717) is 54.9 Å². The molecule has 2 fully saturated rings. The van der Waals surface area contributed by atoms with Crippen LogP contribution in [0.3, 0.4) is 0 Å². The molecule has 1 atom stereocenters. The molecule has 0 bridgehead atoms. The van der Waals surface area contributed by atoms with E-state index >= 15 is 0 Å². The maximum atomic E-state index is 14.2. The van der Waals surface area contributed by atoms with Gasteiger partial charge in [0, 0.05) is 73.4 Å². The van der Waals surface area contributed by atoms with Crippen LogP contribution < -0.4 is 20.4 Å². The second-order valence-corrected chi connectivity index (χ2v) is 18.4. The minimum atomic E-state index is -4.71. The highest BCUT2D eigenvalue weighted by Gasteiger charge is 2.41. The lowest BCUT2D eigenvalue weighted by Gasteiger charge is -2.26. The first-order valence-corrected chi connectivity index (χ1v) is 23.8. The van der Waals surface area contributed by atoms with Crippen LogP contribution in [0.2, 0.25) is 0 Å². The van der Waals surface area contributed by atoms with Gasteiger partial charge in [0.05, 0.1) is 27.3 Å². The van der Waals surface area contributed by atoms with Gasteiger partial charge < -0.3 is 20.4 Å². The monoisotopic (exact) mass is 995 g/mol. The molecule has 0 saturated carbocycles. The number of nitrogens with zero attached hydrogens (tertiary/aromatic N) is 5. The Morgan fingerprint density at radius 3 is 1.78 bits per heavy atom. The molecule has 1 unspecified atom stereocenters. The summed E-state index contributed by atoms with van der Waals surface area (Å²) in [5.41, 5.74) is -1.96. The number of alkyl halides is 10. The molecule has 2 aliphatic heterocycles. The fraction of sp³-hybridized carbons (Fsp3) is 0.477. The van der Waals surface area contributed by atoms with Crippen LogP contribution in [0.1, 0.15) is 95.8 Å². The molecule has 2 saturated heterocycles. The number of benzene rings is 1. The molecule has 1 aromatic carbocycles. The lowest BCUT2D eigenvalue weighted by molar-refractivity contribution is -0.139. The van der Waals surface area contributed by atoms with Crippen molar-refractivity contribution in [2.45, 2.75) is 99.3 Å². The minimum Gasteiger partial charge on any atom is -0.356 e. The zero-order valence-corrected chi connectivity index (χ0v) is 39.9. The summed E-state index contributed by atoms with van der Waals surface area (Å²) in [6, 6.07) is 10.2. The Balaban J connectivity index is 0.000000274. The summed E-state index contributed by atoms with van der Waals surface area (Å²) < 4.78 is 109. The van der Waals surface area contributed by atoms with E-state index in [9.17, 15) is 44.7 Å². The molecule has 9 nitrogen and oxygen atoms in total. The molecule has 2 amide bonds. The number of thioether (sulfide) groups is 2. The van der Waals surface area contributed by atoms with Gasteiger partial charge in [-0.25, -0.2) is 23.7 Å². The number of hydrogen-bond acceptors (Lipinski definition) is 9. The Morgan fingerprint density at radius 2 is 1.26 bits per heavy atom. The zero-order chi connectivity index (χ0) is 48.5. The first kappa shape index (κ1) is 53.5. The van der Waals surface area contributed by atoms with Gasteiger partial charge in [-0.2, -0.15) is 26.3 Å². The number of pyridine rings is 3. The minimum absolute atomic E-state index is 0.0305. The molecule has 0 spiro atoms. The third-order valence-electron chi connectivity index (χ3n) is 10.8. The fourth-order valence-corrected chi connectivity index (χ4v) is 8.46. The highest BCUT2D eigenvalue weighted by Crippen LogP contribution is 2.41. The normalized spacial score (nSPS) is 17.3. The van der Waals surface area contributed by atoms with Crippen molar-refractivity contribution in [1.29, 1.82) is 0 Å². The summed E-state index contributed by atoms with van der Waals surface area (Å²) in [5, 5.41) is 5.94. The number of halogens is 10. The molecule has 4 aromatic rings. The van der Waals surface area contributed by atoms with E-state index in [4.69, 9.17) is 23.2 Å². The number of rotatable bonds is 8. The summed E-state index contributed by atoms with van der Waals surface area (Å²) in [6.07, 6.45) is -1.49. The largest absolute Gasteiger partial charge is 0.418 e.